The Kier molecular flexibility index (Phi) is 21.0. The fourth-order valence-corrected chi connectivity index (χ4v) is 4.61. The zero-order chi connectivity index (χ0) is 39.3. The molecule has 3 N–H and O–H groups in total. The molecule has 0 aliphatic rings. The van der Waals surface area contributed by atoms with Crippen molar-refractivity contribution in [3.05, 3.63) is 143 Å². The Morgan fingerprint density at radius 1 is 0.574 bits per heavy atom. The van der Waals surface area contributed by atoms with E-state index in [1.54, 1.807) is 0 Å². The number of carbonyl (C=O) groups is 4. The smallest absolute Gasteiger partial charge is 0.407 e. The number of nitrogens with two attached hydrogens (primary N) is 1. The Balaban J connectivity index is 0.000000443. The number of hydrogen-bond donors (Lipinski definition) is 2. The molecular weight excluding hydrogens is 708 g/mol. The molecule has 11 heteroatoms. The number of alkyl carbamates (subject to hydrolysis) is 1. The minimum Gasteiger partial charge on any atom is -0.460 e. The molecule has 0 aliphatic heterocycles. The molecule has 0 fully saturated rings. The fourth-order valence-electron chi connectivity index (χ4n) is 4.55. The lowest BCUT2D eigenvalue weighted by Gasteiger charge is -2.20. The first-order valence-corrected chi connectivity index (χ1v) is 17.5. The Labute approximate surface area is 325 Å². The van der Waals surface area contributed by atoms with Crippen LogP contribution in [0.1, 0.15) is 82.3 Å². The number of esters is 2. The summed E-state index contributed by atoms with van der Waals surface area (Å²) in [7, 11) is 0. The van der Waals surface area contributed by atoms with Crippen molar-refractivity contribution in [3.63, 3.8) is 0 Å². The molecule has 0 heterocycles. The van der Waals surface area contributed by atoms with Gasteiger partial charge in [-0.2, -0.15) is 0 Å². The van der Waals surface area contributed by atoms with Crippen molar-refractivity contribution >= 4 is 35.1 Å². The first-order chi connectivity index (χ1) is 25.0. The lowest BCUT2D eigenvalue weighted by atomic mass is 10.0. The summed E-state index contributed by atoms with van der Waals surface area (Å²) in [5.74, 6) is -0.509. The lowest BCUT2D eigenvalue weighted by molar-refractivity contribution is -0.155. The lowest BCUT2D eigenvalue weighted by Crippen LogP contribution is -2.26. The highest BCUT2D eigenvalue weighted by molar-refractivity contribution is 6.61. The van der Waals surface area contributed by atoms with E-state index in [1.165, 1.54) is 0 Å². The minimum atomic E-state index is -0.770. The van der Waals surface area contributed by atoms with Gasteiger partial charge in [0.2, 0.25) is 0 Å². The third kappa shape index (κ3) is 21.4. The summed E-state index contributed by atoms with van der Waals surface area (Å²) in [6.45, 7) is 12.3. The van der Waals surface area contributed by atoms with Crippen LogP contribution in [0.2, 0.25) is 0 Å². The van der Waals surface area contributed by atoms with Crippen molar-refractivity contribution in [1.82, 2.24) is 5.32 Å². The summed E-state index contributed by atoms with van der Waals surface area (Å²) in [5, 5.41) is 2.72. The van der Waals surface area contributed by atoms with Gasteiger partial charge in [0, 0.05) is 24.7 Å². The van der Waals surface area contributed by atoms with E-state index in [4.69, 9.17) is 31.5 Å². The van der Waals surface area contributed by atoms with Gasteiger partial charge in [-0.3, -0.25) is 9.59 Å². The van der Waals surface area contributed by atoms with Crippen LogP contribution in [0.5, 0.6) is 0 Å². The standard InChI is InChI=1S/C21H25NO4.C13H19NO2.C8H7ClO2.CH4/c1-21(2,3)26-19(23)13-17-11-7-8-12-18(17)14-22-20(24)25-15-16-9-5-4-6-10-16;1-13(2,3)16-12(15)8-10-6-4-5-7-11(10)9-14;9-8(10)11-6-7-4-2-1-3-5-7;/h4-12H,13-15H2,1-3H3,(H,22,24);4-7H,8-9,14H2,1-3H3;1-5H,6H2;1H4. The van der Waals surface area contributed by atoms with Crippen LogP contribution in [0.15, 0.2) is 109 Å². The summed E-state index contributed by atoms with van der Waals surface area (Å²) in [6.07, 6.45) is -0.0559. The average Bonchev–Trinajstić information content (AvgIpc) is 3.09. The zero-order valence-corrected chi connectivity index (χ0v) is 32.1. The number of carbonyl (C=O) groups excluding carboxylic acids is 4. The van der Waals surface area contributed by atoms with Gasteiger partial charge in [-0.25, -0.2) is 9.59 Å². The third-order valence-corrected chi connectivity index (χ3v) is 6.91. The number of halogens is 1. The van der Waals surface area contributed by atoms with Gasteiger partial charge in [0.15, 0.2) is 0 Å². The summed E-state index contributed by atoms with van der Waals surface area (Å²) in [4.78, 5) is 45.7. The van der Waals surface area contributed by atoms with Crippen LogP contribution in [0, 0.1) is 0 Å². The molecule has 0 saturated heterocycles. The topological polar surface area (TPSA) is 143 Å². The van der Waals surface area contributed by atoms with Gasteiger partial charge in [0.1, 0.15) is 24.4 Å². The largest absolute Gasteiger partial charge is 0.460 e. The molecule has 0 atom stereocenters. The highest BCUT2D eigenvalue weighted by Crippen LogP contribution is 2.15. The maximum absolute atomic E-state index is 12.0. The average molecular weight is 763 g/mol. The van der Waals surface area contributed by atoms with Crippen molar-refractivity contribution in [2.45, 2.75) is 99.3 Å². The van der Waals surface area contributed by atoms with E-state index in [1.807, 2.05) is 151 Å². The molecule has 10 nitrogen and oxygen atoms in total. The number of amides is 1. The Hall–Kier alpha value is -5.19. The zero-order valence-electron chi connectivity index (χ0n) is 31.4. The molecule has 0 unspecified atom stereocenters. The number of ether oxygens (including phenoxy) is 4. The van der Waals surface area contributed by atoms with E-state index in [0.717, 1.165) is 33.4 Å². The molecule has 4 aromatic rings. The van der Waals surface area contributed by atoms with Crippen LogP contribution in [0.4, 0.5) is 9.59 Å². The van der Waals surface area contributed by atoms with Crippen LogP contribution < -0.4 is 11.1 Å². The molecule has 0 bridgehead atoms. The van der Waals surface area contributed by atoms with E-state index < -0.39 is 22.7 Å². The predicted octanol–water partition coefficient (Wildman–Crippen LogP) is 9.22. The Morgan fingerprint density at radius 2 is 0.944 bits per heavy atom. The number of benzene rings is 4. The van der Waals surface area contributed by atoms with E-state index >= 15 is 0 Å². The summed E-state index contributed by atoms with van der Waals surface area (Å²) in [6, 6.07) is 34.0. The van der Waals surface area contributed by atoms with Crippen molar-refractivity contribution < 1.29 is 38.1 Å². The third-order valence-electron chi connectivity index (χ3n) is 6.80. The highest BCUT2D eigenvalue weighted by Gasteiger charge is 2.18. The molecular formula is C43H55ClN2O8. The van der Waals surface area contributed by atoms with E-state index in [0.29, 0.717) is 6.54 Å². The Morgan fingerprint density at radius 3 is 1.35 bits per heavy atom. The van der Waals surface area contributed by atoms with Crippen LogP contribution in [-0.4, -0.2) is 34.7 Å². The van der Waals surface area contributed by atoms with Gasteiger partial charge < -0.3 is 30.0 Å². The molecule has 54 heavy (non-hydrogen) atoms. The van der Waals surface area contributed by atoms with Crippen LogP contribution >= 0.6 is 11.6 Å². The minimum absolute atomic E-state index is 0. The number of nitrogens with one attached hydrogen (secondary N) is 1. The van der Waals surface area contributed by atoms with Crippen LogP contribution in [0.25, 0.3) is 0 Å². The van der Waals surface area contributed by atoms with E-state index in [2.05, 4.69) is 10.1 Å². The number of rotatable bonds is 11. The van der Waals surface area contributed by atoms with Crippen LogP contribution in [-0.2, 0) is 67.7 Å². The molecule has 0 spiro atoms. The molecule has 292 valence electrons. The van der Waals surface area contributed by atoms with Gasteiger partial charge in [-0.1, -0.05) is 117 Å². The second-order valence-electron chi connectivity index (χ2n) is 13.7. The van der Waals surface area contributed by atoms with Gasteiger partial charge in [0.25, 0.3) is 0 Å². The van der Waals surface area contributed by atoms with Crippen molar-refractivity contribution in [2.75, 3.05) is 0 Å². The molecule has 0 saturated carbocycles. The van der Waals surface area contributed by atoms with Crippen molar-refractivity contribution in [1.29, 1.82) is 0 Å². The summed E-state index contributed by atoms with van der Waals surface area (Å²) in [5.41, 5.74) is 9.35. The normalized spacial score (nSPS) is 10.4. The molecule has 0 aliphatic carbocycles. The molecule has 1 amide bonds. The molecule has 4 rings (SSSR count). The second-order valence-corrected chi connectivity index (χ2v) is 14.0. The van der Waals surface area contributed by atoms with E-state index in [9.17, 15) is 19.2 Å². The monoisotopic (exact) mass is 762 g/mol. The molecule has 4 aromatic carbocycles. The summed E-state index contributed by atoms with van der Waals surface area (Å²) >= 11 is 4.97. The quantitative estimate of drug-likeness (QED) is 0.0868. The van der Waals surface area contributed by atoms with Gasteiger partial charge in [0.05, 0.1) is 12.8 Å². The Bertz CT molecular complexity index is 1720. The first kappa shape index (κ1) is 46.8. The molecule has 0 radical (unpaired) electrons. The van der Waals surface area contributed by atoms with Gasteiger partial charge in [-0.05, 0) is 74.9 Å². The summed E-state index contributed by atoms with van der Waals surface area (Å²) < 4.78 is 20.4. The fraction of sp³-hybridized carbons (Fsp3) is 0.349. The first-order valence-electron chi connectivity index (χ1n) is 17.1. The second kappa shape index (κ2) is 24.2. The van der Waals surface area contributed by atoms with E-state index in [-0.39, 0.29) is 52.0 Å². The maximum Gasteiger partial charge on any atom is 0.407 e. The number of hydrogen-bond acceptors (Lipinski definition) is 9. The predicted molar refractivity (Wildman–Crippen MR) is 213 cm³/mol. The van der Waals surface area contributed by atoms with Crippen molar-refractivity contribution in [2.24, 2.45) is 5.73 Å². The van der Waals surface area contributed by atoms with Gasteiger partial charge in [-0.15, -0.1) is 0 Å². The SMILES string of the molecule is C.CC(C)(C)OC(=O)Cc1ccccc1CN.CC(C)(C)OC(=O)Cc1ccccc1CNC(=O)OCc1ccccc1.O=C(Cl)OCc1ccccc1. The molecule has 0 aromatic heterocycles. The maximum atomic E-state index is 12.0. The van der Waals surface area contributed by atoms with Gasteiger partial charge >= 0.3 is 23.5 Å². The van der Waals surface area contributed by atoms with Crippen LogP contribution in [0.3, 0.4) is 0 Å². The van der Waals surface area contributed by atoms with Crippen molar-refractivity contribution in [3.8, 4) is 0 Å². The highest BCUT2D eigenvalue weighted by atomic mass is 35.5.